The molecule has 0 spiro atoms. The molecule has 5 heteroatoms. The van der Waals surface area contributed by atoms with Crippen LogP contribution in [0.2, 0.25) is 0 Å². The van der Waals surface area contributed by atoms with Crippen LogP contribution in [0, 0.1) is 0 Å². The van der Waals surface area contributed by atoms with E-state index < -0.39 is 6.04 Å². The highest BCUT2D eigenvalue weighted by atomic mass is 16.5. The van der Waals surface area contributed by atoms with Gasteiger partial charge in [0, 0.05) is 13.1 Å². The third-order valence-corrected chi connectivity index (χ3v) is 3.95. The third kappa shape index (κ3) is 5.67. The first kappa shape index (κ1) is 17.5. The summed E-state index contributed by atoms with van der Waals surface area (Å²) in [6.45, 7) is 3.99. The fraction of sp³-hybridized carbons (Fsp3) is 0.556. The number of hydrogen-bond donors (Lipinski definition) is 1. The van der Waals surface area contributed by atoms with Crippen LogP contribution in [0.3, 0.4) is 0 Å². The Bertz CT molecular complexity index is 504. The van der Waals surface area contributed by atoms with Gasteiger partial charge in [-0.05, 0) is 31.2 Å². The van der Waals surface area contributed by atoms with E-state index >= 15 is 0 Å². The molecule has 1 aliphatic heterocycles. The van der Waals surface area contributed by atoms with Crippen LogP contribution in [-0.4, -0.2) is 42.5 Å². The maximum Gasteiger partial charge on any atom is 0.246 e. The fourth-order valence-corrected chi connectivity index (χ4v) is 2.80. The molecule has 0 radical (unpaired) electrons. The van der Waals surface area contributed by atoms with Crippen LogP contribution in [-0.2, 0) is 20.9 Å². The lowest BCUT2D eigenvalue weighted by Gasteiger charge is -2.24. The Morgan fingerprint density at radius 2 is 2.09 bits per heavy atom. The highest BCUT2D eigenvalue weighted by Gasteiger charge is 2.27. The minimum Gasteiger partial charge on any atom is -0.367 e. The molecule has 1 heterocycles. The molecule has 0 aliphatic carbocycles. The van der Waals surface area contributed by atoms with E-state index in [1.54, 1.807) is 0 Å². The number of ether oxygens (including phenoxy) is 1. The second-order valence-corrected chi connectivity index (χ2v) is 5.92. The lowest BCUT2D eigenvalue weighted by atomic mass is 10.1. The normalized spacial score (nSPS) is 18.6. The third-order valence-electron chi connectivity index (χ3n) is 3.95. The van der Waals surface area contributed by atoms with E-state index in [0.29, 0.717) is 13.0 Å². The summed E-state index contributed by atoms with van der Waals surface area (Å²) in [4.78, 5) is 26.3. The summed E-state index contributed by atoms with van der Waals surface area (Å²) in [7, 11) is 0. The van der Waals surface area contributed by atoms with E-state index in [1.165, 1.54) is 0 Å². The zero-order chi connectivity index (χ0) is 16.5. The Labute approximate surface area is 138 Å². The molecule has 1 N–H and O–H groups in total. The van der Waals surface area contributed by atoms with Crippen LogP contribution in [0.15, 0.2) is 30.3 Å². The number of hydrogen-bond acceptors (Lipinski definition) is 3. The molecule has 1 saturated heterocycles. The molecule has 1 aromatic rings. The minimum atomic E-state index is -0.406. The Morgan fingerprint density at radius 3 is 2.83 bits per heavy atom. The maximum atomic E-state index is 12.4. The number of carbonyl (C=O) groups is 2. The summed E-state index contributed by atoms with van der Waals surface area (Å²) >= 11 is 0. The van der Waals surface area contributed by atoms with Gasteiger partial charge in [-0.15, -0.1) is 0 Å². The van der Waals surface area contributed by atoms with Gasteiger partial charge in [0.05, 0.1) is 6.61 Å². The zero-order valence-electron chi connectivity index (χ0n) is 13.8. The van der Waals surface area contributed by atoms with Crippen molar-refractivity contribution in [3.05, 3.63) is 35.9 Å². The van der Waals surface area contributed by atoms with Crippen molar-refractivity contribution in [2.45, 2.75) is 45.3 Å². The van der Waals surface area contributed by atoms with Crippen molar-refractivity contribution in [2.24, 2.45) is 0 Å². The minimum absolute atomic E-state index is 0.0214. The highest BCUT2D eigenvalue weighted by molar-refractivity contribution is 5.88. The Balaban J connectivity index is 1.77. The van der Waals surface area contributed by atoms with Crippen molar-refractivity contribution < 1.29 is 14.3 Å². The summed E-state index contributed by atoms with van der Waals surface area (Å²) < 4.78 is 5.43. The van der Waals surface area contributed by atoms with Crippen LogP contribution in [0.25, 0.3) is 0 Å². The fourth-order valence-electron chi connectivity index (χ4n) is 2.80. The first-order chi connectivity index (χ1) is 11.2. The number of likely N-dealkylation sites (tertiary alicyclic amines) is 1. The molecule has 1 aromatic carbocycles. The number of nitrogens with zero attached hydrogens (tertiary/aromatic N) is 1. The van der Waals surface area contributed by atoms with Gasteiger partial charge in [0.25, 0.3) is 0 Å². The predicted octanol–water partition coefficient (Wildman–Crippen LogP) is 2.11. The van der Waals surface area contributed by atoms with Gasteiger partial charge < -0.3 is 15.0 Å². The molecule has 0 aromatic heterocycles. The molecule has 1 unspecified atom stereocenters. The van der Waals surface area contributed by atoms with Crippen LogP contribution < -0.4 is 5.32 Å². The van der Waals surface area contributed by atoms with Gasteiger partial charge in [0.2, 0.25) is 11.8 Å². The van der Waals surface area contributed by atoms with Crippen LogP contribution in [0.5, 0.6) is 0 Å². The zero-order valence-corrected chi connectivity index (χ0v) is 13.8. The predicted molar refractivity (Wildman–Crippen MR) is 88.8 cm³/mol. The van der Waals surface area contributed by atoms with Gasteiger partial charge in [0.15, 0.2) is 0 Å². The lowest BCUT2D eigenvalue weighted by Crippen LogP contribution is -2.48. The van der Waals surface area contributed by atoms with Gasteiger partial charge in [-0.1, -0.05) is 37.3 Å². The van der Waals surface area contributed by atoms with Gasteiger partial charge in [-0.2, -0.15) is 0 Å². The van der Waals surface area contributed by atoms with Crippen molar-refractivity contribution >= 4 is 11.8 Å². The topological polar surface area (TPSA) is 58.6 Å². The van der Waals surface area contributed by atoms with Crippen molar-refractivity contribution in [3.8, 4) is 0 Å². The van der Waals surface area contributed by atoms with Crippen molar-refractivity contribution in [1.29, 1.82) is 0 Å². The molecule has 0 saturated carbocycles. The van der Waals surface area contributed by atoms with E-state index in [1.807, 2.05) is 35.2 Å². The van der Waals surface area contributed by atoms with Gasteiger partial charge in [-0.3, -0.25) is 9.59 Å². The maximum absolute atomic E-state index is 12.4. The lowest BCUT2D eigenvalue weighted by molar-refractivity contribution is -0.137. The molecular weight excluding hydrogens is 292 g/mol. The first-order valence-electron chi connectivity index (χ1n) is 8.40. The SMILES string of the molecule is CCCN1CCCCC(NC(=O)COCc2ccccc2)C1=O. The van der Waals surface area contributed by atoms with Crippen LogP contribution in [0.1, 0.15) is 38.2 Å². The van der Waals surface area contributed by atoms with E-state index in [-0.39, 0.29) is 18.4 Å². The monoisotopic (exact) mass is 318 g/mol. The number of rotatable bonds is 7. The largest absolute Gasteiger partial charge is 0.367 e. The molecule has 2 rings (SSSR count). The average Bonchev–Trinajstić information content (AvgIpc) is 2.72. The molecule has 1 fully saturated rings. The number of amides is 2. The molecular formula is C18H26N2O3. The standard InChI is InChI=1S/C18H26N2O3/c1-2-11-20-12-7-6-10-16(18(20)22)19-17(21)14-23-13-15-8-4-3-5-9-15/h3-5,8-9,16H,2,6-7,10-14H2,1H3,(H,19,21). The van der Waals surface area contributed by atoms with Gasteiger partial charge >= 0.3 is 0 Å². The number of benzene rings is 1. The Hall–Kier alpha value is -1.88. The number of carbonyl (C=O) groups excluding carboxylic acids is 2. The second-order valence-electron chi connectivity index (χ2n) is 5.92. The Kier molecular flexibility index (Phi) is 7.07. The van der Waals surface area contributed by atoms with Gasteiger partial charge in [0.1, 0.15) is 12.6 Å². The molecule has 23 heavy (non-hydrogen) atoms. The highest BCUT2D eigenvalue weighted by Crippen LogP contribution is 2.12. The van der Waals surface area contributed by atoms with Crippen molar-refractivity contribution in [2.75, 3.05) is 19.7 Å². The van der Waals surface area contributed by atoms with Crippen LogP contribution >= 0.6 is 0 Å². The van der Waals surface area contributed by atoms with E-state index in [9.17, 15) is 9.59 Å². The Morgan fingerprint density at radius 1 is 1.30 bits per heavy atom. The van der Waals surface area contributed by atoms with Gasteiger partial charge in [-0.25, -0.2) is 0 Å². The summed E-state index contributed by atoms with van der Waals surface area (Å²) in [5, 5.41) is 2.83. The van der Waals surface area contributed by atoms with Crippen molar-refractivity contribution in [1.82, 2.24) is 10.2 Å². The summed E-state index contributed by atoms with van der Waals surface area (Å²) in [6.07, 6.45) is 3.61. The van der Waals surface area contributed by atoms with E-state index in [2.05, 4.69) is 12.2 Å². The number of nitrogens with one attached hydrogen (secondary N) is 1. The second kappa shape index (κ2) is 9.30. The summed E-state index contributed by atoms with van der Waals surface area (Å²) in [5.41, 5.74) is 1.03. The average molecular weight is 318 g/mol. The first-order valence-corrected chi connectivity index (χ1v) is 8.40. The summed E-state index contributed by atoms with van der Waals surface area (Å²) in [5.74, 6) is -0.182. The quantitative estimate of drug-likeness (QED) is 0.838. The van der Waals surface area contributed by atoms with Crippen LogP contribution in [0.4, 0.5) is 0 Å². The molecule has 126 valence electrons. The molecule has 1 atom stereocenters. The molecule has 1 aliphatic rings. The summed E-state index contributed by atoms with van der Waals surface area (Å²) in [6, 6.07) is 9.31. The van der Waals surface area contributed by atoms with E-state index in [0.717, 1.165) is 37.9 Å². The van der Waals surface area contributed by atoms with E-state index in [4.69, 9.17) is 4.74 Å². The molecule has 2 amide bonds. The smallest absolute Gasteiger partial charge is 0.246 e. The molecule has 0 bridgehead atoms. The molecule has 5 nitrogen and oxygen atoms in total. The van der Waals surface area contributed by atoms with Crippen molar-refractivity contribution in [3.63, 3.8) is 0 Å².